The Kier molecular flexibility index (Phi) is 6.33. The van der Waals surface area contributed by atoms with Gasteiger partial charge in [-0.2, -0.15) is 0 Å². The van der Waals surface area contributed by atoms with E-state index >= 15 is 0 Å². The third kappa shape index (κ3) is 3.23. The fourth-order valence-corrected chi connectivity index (χ4v) is 1.90. The van der Waals surface area contributed by atoms with E-state index in [0.29, 0.717) is 0 Å². The SMILES string of the molecule is CC[N+](CC)(CC)C(C)OC(C)OC. The summed E-state index contributed by atoms with van der Waals surface area (Å²) in [5.41, 5.74) is 0. The summed E-state index contributed by atoms with van der Waals surface area (Å²) < 4.78 is 11.9. The van der Waals surface area contributed by atoms with E-state index in [1.807, 2.05) is 6.92 Å². The van der Waals surface area contributed by atoms with Gasteiger partial charge in [0.15, 0.2) is 12.5 Å². The van der Waals surface area contributed by atoms with Crippen LogP contribution in [0.1, 0.15) is 34.6 Å². The summed E-state index contributed by atoms with van der Waals surface area (Å²) in [6.07, 6.45) is 0.0806. The Morgan fingerprint density at radius 1 is 1.00 bits per heavy atom. The van der Waals surface area contributed by atoms with Gasteiger partial charge in [0.2, 0.25) is 0 Å². The number of rotatable bonds is 7. The zero-order valence-electron chi connectivity index (χ0n) is 10.5. The minimum Gasteiger partial charge on any atom is -0.356 e. The van der Waals surface area contributed by atoms with Crippen LogP contribution in [0.5, 0.6) is 0 Å². The molecule has 3 nitrogen and oxygen atoms in total. The van der Waals surface area contributed by atoms with E-state index in [1.54, 1.807) is 7.11 Å². The first kappa shape index (κ1) is 13.9. The Bertz CT molecular complexity index is 138. The molecule has 2 unspecified atom stereocenters. The molecular formula is C11H26NO2+. The second-order valence-electron chi connectivity index (χ2n) is 3.71. The van der Waals surface area contributed by atoms with Crippen molar-refractivity contribution in [1.82, 2.24) is 0 Å². The van der Waals surface area contributed by atoms with Crippen molar-refractivity contribution in [3.05, 3.63) is 0 Å². The van der Waals surface area contributed by atoms with E-state index in [9.17, 15) is 0 Å². The predicted octanol–water partition coefficient (Wildman–Crippen LogP) is 2.22. The zero-order chi connectivity index (χ0) is 11.2. The Hall–Kier alpha value is -0.120. The van der Waals surface area contributed by atoms with Gasteiger partial charge in [0, 0.05) is 14.0 Å². The molecule has 0 aromatic carbocycles. The number of hydrogen-bond acceptors (Lipinski definition) is 2. The monoisotopic (exact) mass is 204 g/mol. The quantitative estimate of drug-likeness (QED) is 0.467. The first-order valence-corrected chi connectivity index (χ1v) is 5.60. The molecule has 0 saturated carbocycles. The molecule has 0 N–H and O–H groups in total. The van der Waals surface area contributed by atoms with E-state index in [-0.39, 0.29) is 12.5 Å². The smallest absolute Gasteiger partial charge is 0.193 e. The normalized spacial score (nSPS) is 16.7. The topological polar surface area (TPSA) is 18.5 Å². The van der Waals surface area contributed by atoms with Crippen LogP contribution in [-0.4, -0.2) is 43.7 Å². The van der Waals surface area contributed by atoms with Crippen molar-refractivity contribution < 1.29 is 14.0 Å². The van der Waals surface area contributed by atoms with Crippen LogP contribution in [0.3, 0.4) is 0 Å². The second kappa shape index (κ2) is 6.38. The Labute approximate surface area is 88.6 Å². The molecule has 0 aliphatic rings. The standard InChI is InChI=1S/C11H26NO2/c1-7-12(8-2,9-3)10(4)14-11(5)13-6/h10-11H,7-9H2,1-6H3/q+1. The van der Waals surface area contributed by atoms with Gasteiger partial charge in [0.1, 0.15) is 0 Å². The van der Waals surface area contributed by atoms with E-state index in [4.69, 9.17) is 9.47 Å². The second-order valence-corrected chi connectivity index (χ2v) is 3.71. The molecule has 2 atom stereocenters. The van der Waals surface area contributed by atoms with Gasteiger partial charge < -0.3 is 9.47 Å². The van der Waals surface area contributed by atoms with Crippen LogP contribution in [0, 0.1) is 0 Å². The van der Waals surface area contributed by atoms with Crippen LogP contribution in [0.2, 0.25) is 0 Å². The van der Waals surface area contributed by atoms with Crippen molar-refractivity contribution in [2.24, 2.45) is 0 Å². The maximum absolute atomic E-state index is 5.79. The van der Waals surface area contributed by atoms with Gasteiger partial charge in [-0.15, -0.1) is 0 Å². The third-order valence-electron chi connectivity index (χ3n) is 3.38. The molecule has 86 valence electrons. The Morgan fingerprint density at radius 2 is 1.43 bits per heavy atom. The summed E-state index contributed by atoms with van der Waals surface area (Å²) in [4.78, 5) is 0. The largest absolute Gasteiger partial charge is 0.356 e. The summed E-state index contributed by atoms with van der Waals surface area (Å²) in [6.45, 7) is 14.0. The number of nitrogens with zero attached hydrogens (tertiary/aromatic N) is 1. The maximum Gasteiger partial charge on any atom is 0.193 e. The molecule has 0 aromatic rings. The van der Waals surface area contributed by atoms with Crippen LogP contribution in [0.4, 0.5) is 0 Å². The van der Waals surface area contributed by atoms with Crippen molar-refractivity contribution in [2.75, 3.05) is 26.7 Å². The molecule has 0 amide bonds. The lowest BCUT2D eigenvalue weighted by atomic mass is 10.3. The molecule has 0 bridgehead atoms. The molecule has 0 saturated heterocycles. The van der Waals surface area contributed by atoms with Crippen LogP contribution >= 0.6 is 0 Å². The van der Waals surface area contributed by atoms with Crippen LogP contribution in [-0.2, 0) is 9.47 Å². The van der Waals surface area contributed by atoms with Gasteiger partial charge >= 0.3 is 0 Å². The van der Waals surface area contributed by atoms with Gasteiger partial charge in [0.25, 0.3) is 0 Å². The Balaban J connectivity index is 4.35. The van der Waals surface area contributed by atoms with Gasteiger partial charge in [-0.25, -0.2) is 0 Å². The summed E-state index contributed by atoms with van der Waals surface area (Å²) in [5.74, 6) is 0. The van der Waals surface area contributed by atoms with E-state index in [2.05, 4.69) is 27.7 Å². The van der Waals surface area contributed by atoms with Crippen molar-refractivity contribution in [2.45, 2.75) is 47.1 Å². The number of methoxy groups -OCH3 is 1. The third-order valence-corrected chi connectivity index (χ3v) is 3.38. The molecule has 0 fully saturated rings. The van der Waals surface area contributed by atoms with E-state index in [1.165, 1.54) is 0 Å². The van der Waals surface area contributed by atoms with Gasteiger partial charge in [-0.1, -0.05) is 0 Å². The highest BCUT2D eigenvalue weighted by atomic mass is 16.7. The molecule has 0 aliphatic heterocycles. The molecule has 0 heterocycles. The molecule has 0 aromatic heterocycles. The highest BCUT2D eigenvalue weighted by Gasteiger charge is 2.30. The Morgan fingerprint density at radius 3 is 1.71 bits per heavy atom. The molecular weight excluding hydrogens is 178 g/mol. The molecule has 14 heavy (non-hydrogen) atoms. The average Bonchev–Trinajstić information content (AvgIpc) is 2.21. The first-order chi connectivity index (χ1) is 6.56. The zero-order valence-corrected chi connectivity index (χ0v) is 10.5. The summed E-state index contributed by atoms with van der Waals surface area (Å²) in [6, 6.07) is 0. The molecule has 0 rings (SSSR count). The number of ether oxygens (including phenoxy) is 2. The fraction of sp³-hybridized carbons (Fsp3) is 1.00. The highest BCUT2D eigenvalue weighted by molar-refractivity contribution is 4.42. The number of hydrogen-bond donors (Lipinski definition) is 0. The molecule has 0 radical (unpaired) electrons. The predicted molar refractivity (Wildman–Crippen MR) is 58.9 cm³/mol. The summed E-state index contributed by atoms with van der Waals surface area (Å²) >= 11 is 0. The summed E-state index contributed by atoms with van der Waals surface area (Å²) in [7, 11) is 1.68. The van der Waals surface area contributed by atoms with Crippen molar-refractivity contribution in [3.8, 4) is 0 Å². The molecule has 3 heteroatoms. The number of quaternary nitrogens is 1. The fourth-order valence-electron chi connectivity index (χ4n) is 1.90. The average molecular weight is 204 g/mol. The van der Waals surface area contributed by atoms with Crippen LogP contribution < -0.4 is 0 Å². The molecule has 0 aliphatic carbocycles. The van der Waals surface area contributed by atoms with Gasteiger partial charge in [0.05, 0.1) is 19.6 Å². The van der Waals surface area contributed by atoms with Gasteiger partial charge in [-0.05, 0) is 27.7 Å². The first-order valence-electron chi connectivity index (χ1n) is 5.60. The lowest BCUT2D eigenvalue weighted by Crippen LogP contribution is -2.55. The van der Waals surface area contributed by atoms with Gasteiger partial charge in [-0.3, -0.25) is 4.48 Å². The lowest BCUT2D eigenvalue weighted by Gasteiger charge is -2.41. The maximum atomic E-state index is 5.79. The summed E-state index contributed by atoms with van der Waals surface area (Å²) in [5, 5.41) is 0. The van der Waals surface area contributed by atoms with Crippen molar-refractivity contribution in [1.29, 1.82) is 0 Å². The highest BCUT2D eigenvalue weighted by Crippen LogP contribution is 2.15. The van der Waals surface area contributed by atoms with E-state index < -0.39 is 0 Å². The molecule has 0 spiro atoms. The minimum absolute atomic E-state index is 0.118. The minimum atomic E-state index is -0.118. The lowest BCUT2D eigenvalue weighted by molar-refractivity contribution is -0.967. The van der Waals surface area contributed by atoms with E-state index in [0.717, 1.165) is 24.1 Å². The van der Waals surface area contributed by atoms with Crippen LogP contribution in [0.25, 0.3) is 0 Å². The van der Waals surface area contributed by atoms with Crippen molar-refractivity contribution in [3.63, 3.8) is 0 Å². The van der Waals surface area contributed by atoms with Crippen LogP contribution in [0.15, 0.2) is 0 Å². The van der Waals surface area contributed by atoms with Crippen molar-refractivity contribution >= 4 is 0 Å².